The summed E-state index contributed by atoms with van der Waals surface area (Å²) in [5, 5.41) is 3.26. The van der Waals surface area contributed by atoms with E-state index in [-0.39, 0.29) is 18.3 Å². The molecule has 0 fully saturated rings. The van der Waals surface area contributed by atoms with Crippen LogP contribution in [0.15, 0.2) is 46.8 Å². The lowest BCUT2D eigenvalue weighted by Crippen LogP contribution is -2.43. The molecule has 1 N–H and O–H groups in total. The standard InChI is InChI=1S/C25H31NO6/c1-6-12-32-25(29)20-15(4)26-17-13-14(3)19(24(28)30-5)23(27)22(17)21(20)16-10-8-9-11-18(16)31-7-2/h8-11,14,19,21,26H,6-7,12-13H2,1-5H3/t14-,19-,21+/m0/s1. The van der Waals surface area contributed by atoms with E-state index >= 15 is 0 Å². The number of Topliss-reactive ketones (excluding diaryl/α,β-unsaturated/α-hetero) is 1. The highest BCUT2D eigenvalue weighted by Gasteiger charge is 2.47. The second kappa shape index (κ2) is 10.0. The highest BCUT2D eigenvalue weighted by Crippen LogP contribution is 2.47. The van der Waals surface area contributed by atoms with Crippen LogP contribution in [0.5, 0.6) is 5.75 Å². The summed E-state index contributed by atoms with van der Waals surface area (Å²) in [7, 11) is 1.28. The number of ether oxygens (including phenoxy) is 3. The Hall–Kier alpha value is -3.09. The summed E-state index contributed by atoms with van der Waals surface area (Å²) in [6, 6.07) is 7.36. The van der Waals surface area contributed by atoms with Crippen molar-refractivity contribution >= 4 is 17.7 Å². The summed E-state index contributed by atoms with van der Waals surface area (Å²) < 4.78 is 16.3. The molecule has 1 aromatic carbocycles. The predicted molar refractivity (Wildman–Crippen MR) is 119 cm³/mol. The number of para-hydroxylation sites is 1. The van der Waals surface area contributed by atoms with Crippen LogP contribution in [-0.2, 0) is 23.9 Å². The molecular formula is C25H31NO6. The van der Waals surface area contributed by atoms with Gasteiger partial charge in [0.1, 0.15) is 11.7 Å². The minimum absolute atomic E-state index is 0.231. The van der Waals surface area contributed by atoms with Crippen molar-refractivity contribution < 1.29 is 28.6 Å². The van der Waals surface area contributed by atoms with Crippen LogP contribution in [0.25, 0.3) is 0 Å². The Morgan fingerprint density at radius 2 is 1.91 bits per heavy atom. The number of nitrogens with one attached hydrogen (secondary N) is 1. The Bertz CT molecular complexity index is 976. The molecule has 0 radical (unpaired) electrons. The van der Waals surface area contributed by atoms with Crippen molar-refractivity contribution in [1.82, 2.24) is 5.32 Å². The van der Waals surface area contributed by atoms with Gasteiger partial charge in [-0.2, -0.15) is 0 Å². The van der Waals surface area contributed by atoms with Crippen LogP contribution in [0.1, 0.15) is 52.0 Å². The summed E-state index contributed by atoms with van der Waals surface area (Å²) in [5.74, 6) is -2.65. The minimum atomic E-state index is -0.923. The Labute approximate surface area is 188 Å². The zero-order valence-electron chi connectivity index (χ0n) is 19.3. The third-order valence-electron chi connectivity index (χ3n) is 5.93. The summed E-state index contributed by atoms with van der Waals surface area (Å²) in [5.41, 5.74) is 2.81. The Morgan fingerprint density at radius 1 is 1.19 bits per heavy atom. The number of carbonyl (C=O) groups excluding carboxylic acids is 3. The van der Waals surface area contributed by atoms with Gasteiger partial charge < -0.3 is 19.5 Å². The maximum absolute atomic E-state index is 13.7. The van der Waals surface area contributed by atoms with Crippen LogP contribution < -0.4 is 10.1 Å². The first-order valence-electron chi connectivity index (χ1n) is 11.1. The highest BCUT2D eigenvalue weighted by atomic mass is 16.5. The molecule has 3 atom stereocenters. The molecule has 2 aliphatic rings. The van der Waals surface area contributed by atoms with Gasteiger partial charge in [-0.05, 0) is 38.7 Å². The molecule has 1 aliphatic heterocycles. The van der Waals surface area contributed by atoms with E-state index in [9.17, 15) is 14.4 Å². The number of carbonyl (C=O) groups is 3. The van der Waals surface area contributed by atoms with E-state index in [0.29, 0.717) is 47.6 Å². The van der Waals surface area contributed by atoms with Crippen LogP contribution in [0.3, 0.4) is 0 Å². The monoisotopic (exact) mass is 441 g/mol. The molecule has 1 aromatic rings. The van der Waals surface area contributed by atoms with Crippen molar-refractivity contribution in [3.05, 3.63) is 52.4 Å². The van der Waals surface area contributed by atoms with Crippen molar-refractivity contribution in [3.8, 4) is 5.75 Å². The number of benzene rings is 1. The smallest absolute Gasteiger partial charge is 0.336 e. The average molecular weight is 442 g/mol. The number of hydrogen-bond acceptors (Lipinski definition) is 7. The van der Waals surface area contributed by atoms with Crippen LogP contribution >= 0.6 is 0 Å². The quantitative estimate of drug-likeness (QED) is 0.510. The van der Waals surface area contributed by atoms with Gasteiger partial charge in [0.05, 0.1) is 31.8 Å². The molecule has 172 valence electrons. The van der Waals surface area contributed by atoms with Crippen molar-refractivity contribution in [2.75, 3.05) is 20.3 Å². The molecule has 7 heteroatoms. The third-order valence-corrected chi connectivity index (χ3v) is 5.93. The summed E-state index contributed by atoms with van der Waals surface area (Å²) in [6.07, 6.45) is 1.17. The first-order chi connectivity index (χ1) is 15.3. The zero-order chi connectivity index (χ0) is 23.4. The fourth-order valence-corrected chi connectivity index (χ4v) is 4.54. The molecule has 0 aromatic heterocycles. The number of ketones is 1. The van der Waals surface area contributed by atoms with E-state index in [2.05, 4.69) is 5.32 Å². The highest BCUT2D eigenvalue weighted by molar-refractivity contribution is 6.12. The Morgan fingerprint density at radius 3 is 2.56 bits per heavy atom. The Kier molecular flexibility index (Phi) is 7.38. The summed E-state index contributed by atoms with van der Waals surface area (Å²) >= 11 is 0. The van der Waals surface area contributed by atoms with Crippen molar-refractivity contribution in [2.45, 2.75) is 46.5 Å². The summed E-state index contributed by atoms with van der Waals surface area (Å²) in [6.45, 7) is 8.17. The number of rotatable bonds is 7. The molecular weight excluding hydrogens is 410 g/mol. The molecule has 7 nitrogen and oxygen atoms in total. The van der Waals surface area contributed by atoms with Crippen LogP contribution in [0, 0.1) is 11.8 Å². The van der Waals surface area contributed by atoms with Gasteiger partial charge in [0.2, 0.25) is 0 Å². The van der Waals surface area contributed by atoms with Crippen molar-refractivity contribution in [3.63, 3.8) is 0 Å². The number of allylic oxidation sites excluding steroid dienone is 3. The molecule has 0 spiro atoms. The second-order valence-corrected chi connectivity index (χ2v) is 8.14. The fourth-order valence-electron chi connectivity index (χ4n) is 4.54. The zero-order valence-corrected chi connectivity index (χ0v) is 19.3. The van der Waals surface area contributed by atoms with Gasteiger partial charge in [-0.3, -0.25) is 9.59 Å². The molecule has 0 bridgehead atoms. The molecule has 32 heavy (non-hydrogen) atoms. The van der Waals surface area contributed by atoms with Gasteiger partial charge in [0, 0.05) is 22.5 Å². The maximum atomic E-state index is 13.7. The van der Waals surface area contributed by atoms with E-state index < -0.39 is 23.8 Å². The first kappa shape index (κ1) is 23.6. The molecule has 3 rings (SSSR count). The lowest BCUT2D eigenvalue weighted by atomic mass is 9.69. The number of dihydropyridines is 1. The van der Waals surface area contributed by atoms with Gasteiger partial charge >= 0.3 is 11.9 Å². The number of methoxy groups -OCH3 is 1. The lowest BCUT2D eigenvalue weighted by molar-refractivity contribution is -0.151. The molecule has 0 saturated heterocycles. The largest absolute Gasteiger partial charge is 0.494 e. The minimum Gasteiger partial charge on any atom is -0.494 e. The topological polar surface area (TPSA) is 90.9 Å². The van der Waals surface area contributed by atoms with Gasteiger partial charge in [-0.1, -0.05) is 32.0 Å². The van der Waals surface area contributed by atoms with Gasteiger partial charge in [-0.25, -0.2) is 4.79 Å². The van der Waals surface area contributed by atoms with E-state index in [1.54, 1.807) is 0 Å². The lowest BCUT2D eigenvalue weighted by Gasteiger charge is -2.38. The first-order valence-corrected chi connectivity index (χ1v) is 11.1. The van der Waals surface area contributed by atoms with Gasteiger partial charge in [-0.15, -0.1) is 0 Å². The molecule has 0 unspecified atom stereocenters. The molecule has 0 saturated carbocycles. The van der Waals surface area contributed by atoms with E-state index in [4.69, 9.17) is 14.2 Å². The van der Waals surface area contributed by atoms with Crippen molar-refractivity contribution in [2.24, 2.45) is 11.8 Å². The van der Waals surface area contributed by atoms with Crippen molar-refractivity contribution in [1.29, 1.82) is 0 Å². The van der Waals surface area contributed by atoms with E-state index in [1.165, 1.54) is 7.11 Å². The SMILES string of the molecule is CCCOC(=O)C1=C(C)NC2=C(C(=O)[C@@H](C(=O)OC)[C@@H](C)C2)[C@@H]1c1ccccc1OCC. The molecule has 1 aliphatic carbocycles. The number of hydrogen-bond donors (Lipinski definition) is 1. The number of esters is 2. The molecule has 0 amide bonds. The van der Waals surface area contributed by atoms with Crippen LogP contribution in [-0.4, -0.2) is 38.0 Å². The van der Waals surface area contributed by atoms with Crippen LogP contribution in [0.4, 0.5) is 0 Å². The normalized spacial score (nSPS) is 22.8. The second-order valence-electron chi connectivity index (χ2n) is 8.14. The Balaban J connectivity index is 2.21. The molecule has 1 heterocycles. The third kappa shape index (κ3) is 4.29. The maximum Gasteiger partial charge on any atom is 0.336 e. The average Bonchev–Trinajstić information content (AvgIpc) is 2.77. The van der Waals surface area contributed by atoms with E-state index in [1.807, 2.05) is 52.0 Å². The van der Waals surface area contributed by atoms with Crippen LogP contribution in [0.2, 0.25) is 0 Å². The predicted octanol–water partition coefficient (Wildman–Crippen LogP) is 3.65. The van der Waals surface area contributed by atoms with E-state index in [0.717, 1.165) is 5.70 Å². The summed E-state index contributed by atoms with van der Waals surface area (Å²) in [4.78, 5) is 39.3. The van der Waals surface area contributed by atoms with Gasteiger partial charge in [0.15, 0.2) is 5.78 Å². The fraction of sp³-hybridized carbons (Fsp3) is 0.480. The van der Waals surface area contributed by atoms with Gasteiger partial charge in [0.25, 0.3) is 0 Å².